The summed E-state index contributed by atoms with van der Waals surface area (Å²) in [5, 5.41) is 9.14. The SMILES string of the molecule is Cc1cccc(C(=O)N2CCCC[C@@H]2C(=O)O)c1F. The van der Waals surface area contributed by atoms with E-state index in [-0.39, 0.29) is 5.56 Å². The highest BCUT2D eigenvalue weighted by Crippen LogP contribution is 2.22. The van der Waals surface area contributed by atoms with Crippen LogP contribution in [0.1, 0.15) is 35.2 Å². The first kappa shape index (κ1) is 13.5. The monoisotopic (exact) mass is 265 g/mol. The molecule has 1 saturated heterocycles. The first-order valence-corrected chi connectivity index (χ1v) is 6.31. The van der Waals surface area contributed by atoms with E-state index >= 15 is 0 Å². The molecule has 1 amide bonds. The molecule has 0 unspecified atom stereocenters. The minimum Gasteiger partial charge on any atom is -0.480 e. The van der Waals surface area contributed by atoms with Gasteiger partial charge < -0.3 is 10.0 Å². The van der Waals surface area contributed by atoms with E-state index in [9.17, 15) is 14.0 Å². The predicted octanol–water partition coefficient (Wildman–Crippen LogP) is 2.21. The molecular weight excluding hydrogens is 249 g/mol. The van der Waals surface area contributed by atoms with Crippen LogP contribution >= 0.6 is 0 Å². The van der Waals surface area contributed by atoms with Crippen molar-refractivity contribution in [1.82, 2.24) is 4.90 Å². The third-order valence-electron chi connectivity index (χ3n) is 3.47. The van der Waals surface area contributed by atoms with Crippen LogP contribution in [-0.4, -0.2) is 34.5 Å². The summed E-state index contributed by atoms with van der Waals surface area (Å²) in [5.41, 5.74) is 0.336. The van der Waals surface area contributed by atoms with Gasteiger partial charge in [0.05, 0.1) is 5.56 Å². The molecule has 5 heteroatoms. The van der Waals surface area contributed by atoms with Gasteiger partial charge in [-0.1, -0.05) is 12.1 Å². The Labute approximate surface area is 110 Å². The largest absolute Gasteiger partial charge is 0.480 e. The van der Waals surface area contributed by atoms with E-state index in [1.807, 2.05) is 0 Å². The summed E-state index contributed by atoms with van der Waals surface area (Å²) >= 11 is 0. The van der Waals surface area contributed by atoms with E-state index < -0.39 is 23.7 Å². The maximum Gasteiger partial charge on any atom is 0.326 e. The van der Waals surface area contributed by atoms with Crippen molar-refractivity contribution in [2.24, 2.45) is 0 Å². The van der Waals surface area contributed by atoms with E-state index in [4.69, 9.17) is 5.11 Å². The van der Waals surface area contributed by atoms with Crippen molar-refractivity contribution in [1.29, 1.82) is 0 Å². The smallest absolute Gasteiger partial charge is 0.326 e. The van der Waals surface area contributed by atoms with Crippen LogP contribution in [0.5, 0.6) is 0 Å². The molecule has 1 aliphatic heterocycles. The summed E-state index contributed by atoms with van der Waals surface area (Å²) in [6.45, 7) is 1.94. The van der Waals surface area contributed by atoms with Gasteiger partial charge in [0.2, 0.25) is 0 Å². The highest BCUT2D eigenvalue weighted by molar-refractivity contribution is 5.97. The third-order valence-corrected chi connectivity index (χ3v) is 3.47. The van der Waals surface area contributed by atoms with Crippen LogP contribution in [0.4, 0.5) is 4.39 Å². The van der Waals surface area contributed by atoms with Gasteiger partial charge in [-0.2, -0.15) is 0 Å². The van der Waals surface area contributed by atoms with Gasteiger partial charge in [-0.25, -0.2) is 9.18 Å². The van der Waals surface area contributed by atoms with Crippen molar-refractivity contribution in [3.63, 3.8) is 0 Å². The lowest BCUT2D eigenvalue weighted by Crippen LogP contribution is -2.48. The second-order valence-corrected chi connectivity index (χ2v) is 4.78. The zero-order valence-corrected chi connectivity index (χ0v) is 10.7. The van der Waals surface area contributed by atoms with Gasteiger partial charge in [0, 0.05) is 6.54 Å². The topological polar surface area (TPSA) is 57.6 Å². The van der Waals surface area contributed by atoms with Gasteiger partial charge >= 0.3 is 5.97 Å². The standard InChI is InChI=1S/C14H16FNO3/c1-9-5-4-6-10(12(9)15)13(17)16-8-3-2-7-11(16)14(18)19/h4-6,11H,2-3,7-8H2,1H3,(H,18,19)/t11-/m1/s1. The number of hydrogen-bond acceptors (Lipinski definition) is 2. The highest BCUT2D eigenvalue weighted by Gasteiger charge is 2.33. The summed E-state index contributed by atoms with van der Waals surface area (Å²) in [5.74, 6) is -2.13. The Morgan fingerprint density at radius 3 is 2.79 bits per heavy atom. The zero-order chi connectivity index (χ0) is 14.0. The molecular formula is C14H16FNO3. The number of aryl methyl sites for hydroxylation is 1. The Morgan fingerprint density at radius 2 is 2.11 bits per heavy atom. The molecule has 1 N–H and O–H groups in total. The zero-order valence-electron chi connectivity index (χ0n) is 10.7. The van der Waals surface area contributed by atoms with Crippen LogP contribution in [0.3, 0.4) is 0 Å². The molecule has 0 saturated carbocycles. The highest BCUT2D eigenvalue weighted by atomic mass is 19.1. The molecule has 0 aliphatic carbocycles. The average Bonchev–Trinajstić information content (AvgIpc) is 2.41. The Balaban J connectivity index is 2.31. The first-order valence-electron chi connectivity index (χ1n) is 6.31. The number of aliphatic carboxylic acids is 1. The molecule has 1 aliphatic rings. The van der Waals surface area contributed by atoms with Gasteiger partial charge in [-0.3, -0.25) is 4.79 Å². The summed E-state index contributed by atoms with van der Waals surface area (Å²) in [7, 11) is 0. The number of hydrogen-bond donors (Lipinski definition) is 1. The normalized spacial score (nSPS) is 19.3. The Kier molecular flexibility index (Phi) is 3.83. The number of carboxylic acids is 1. The summed E-state index contributed by atoms with van der Waals surface area (Å²) in [6, 6.07) is 3.74. The van der Waals surface area contributed by atoms with Crippen LogP contribution in [0, 0.1) is 12.7 Å². The number of nitrogens with zero attached hydrogens (tertiary/aromatic N) is 1. The maximum atomic E-state index is 13.9. The minimum absolute atomic E-state index is 0.0480. The summed E-state index contributed by atoms with van der Waals surface area (Å²) in [6.07, 6.45) is 1.95. The van der Waals surface area contributed by atoms with E-state index in [1.54, 1.807) is 19.1 Å². The second kappa shape index (κ2) is 5.38. The molecule has 2 rings (SSSR count). The average molecular weight is 265 g/mol. The molecule has 1 aromatic rings. The minimum atomic E-state index is -1.03. The van der Waals surface area contributed by atoms with Crippen molar-refractivity contribution >= 4 is 11.9 Å². The molecule has 0 aromatic heterocycles. The van der Waals surface area contributed by atoms with Crippen LogP contribution < -0.4 is 0 Å². The molecule has 0 radical (unpaired) electrons. The molecule has 19 heavy (non-hydrogen) atoms. The predicted molar refractivity (Wildman–Crippen MR) is 67.4 cm³/mol. The van der Waals surface area contributed by atoms with Gasteiger partial charge in [-0.05, 0) is 37.8 Å². The van der Waals surface area contributed by atoms with E-state index in [0.717, 1.165) is 12.8 Å². The molecule has 0 spiro atoms. The van der Waals surface area contributed by atoms with Gasteiger partial charge in [0.1, 0.15) is 11.9 Å². The number of amides is 1. The van der Waals surface area contributed by atoms with E-state index in [1.165, 1.54) is 11.0 Å². The molecule has 1 heterocycles. The first-order chi connectivity index (χ1) is 9.02. The molecule has 4 nitrogen and oxygen atoms in total. The van der Waals surface area contributed by atoms with E-state index in [2.05, 4.69) is 0 Å². The number of carbonyl (C=O) groups is 2. The Bertz CT molecular complexity index is 515. The fourth-order valence-electron chi connectivity index (χ4n) is 2.40. The number of piperidine rings is 1. The number of halogens is 1. The van der Waals surface area contributed by atoms with Gasteiger partial charge in [-0.15, -0.1) is 0 Å². The number of benzene rings is 1. The Morgan fingerprint density at radius 1 is 1.37 bits per heavy atom. The lowest BCUT2D eigenvalue weighted by atomic mass is 10.00. The van der Waals surface area contributed by atoms with Crippen molar-refractivity contribution in [3.05, 3.63) is 35.1 Å². The van der Waals surface area contributed by atoms with Crippen LogP contribution in [0.25, 0.3) is 0 Å². The Hall–Kier alpha value is -1.91. The number of carboxylic acid groups (broad SMARTS) is 1. The van der Waals surface area contributed by atoms with Gasteiger partial charge in [0.25, 0.3) is 5.91 Å². The van der Waals surface area contributed by atoms with Gasteiger partial charge in [0.15, 0.2) is 0 Å². The molecule has 102 valence electrons. The summed E-state index contributed by atoms with van der Waals surface area (Å²) < 4.78 is 13.9. The van der Waals surface area contributed by atoms with Crippen molar-refractivity contribution in [2.75, 3.05) is 6.54 Å². The lowest BCUT2D eigenvalue weighted by Gasteiger charge is -2.33. The maximum absolute atomic E-state index is 13.9. The molecule has 1 fully saturated rings. The van der Waals surface area contributed by atoms with Crippen LogP contribution in [-0.2, 0) is 4.79 Å². The summed E-state index contributed by atoms with van der Waals surface area (Å²) in [4.78, 5) is 24.7. The second-order valence-electron chi connectivity index (χ2n) is 4.78. The molecule has 1 aromatic carbocycles. The molecule has 0 bridgehead atoms. The quantitative estimate of drug-likeness (QED) is 0.892. The van der Waals surface area contributed by atoms with Crippen LogP contribution in [0.2, 0.25) is 0 Å². The lowest BCUT2D eigenvalue weighted by molar-refractivity contribution is -0.143. The number of rotatable bonds is 2. The fraction of sp³-hybridized carbons (Fsp3) is 0.429. The third kappa shape index (κ3) is 2.59. The van der Waals surface area contributed by atoms with Crippen LogP contribution in [0.15, 0.2) is 18.2 Å². The fourth-order valence-corrected chi connectivity index (χ4v) is 2.40. The van der Waals surface area contributed by atoms with Crippen molar-refractivity contribution in [2.45, 2.75) is 32.2 Å². The van der Waals surface area contributed by atoms with Crippen molar-refractivity contribution in [3.8, 4) is 0 Å². The number of likely N-dealkylation sites (tertiary alicyclic amines) is 1. The number of carbonyl (C=O) groups excluding carboxylic acids is 1. The van der Waals surface area contributed by atoms with E-state index in [0.29, 0.717) is 18.5 Å². The molecule has 1 atom stereocenters. The van der Waals surface area contributed by atoms with Crippen molar-refractivity contribution < 1.29 is 19.1 Å².